The second-order valence-electron chi connectivity index (χ2n) is 5.68. The molecule has 0 aromatic heterocycles. The van der Waals surface area contributed by atoms with Crippen molar-refractivity contribution in [3.63, 3.8) is 0 Å². The first kappa shape index (κ1) is 15.7. The lowest BCUT2D eigenvalue weighted by molar-refractivity contribution is -0.149. The van der Waals surface area contributed by atoms with E-state index in [9.17, 15) is 14.7 Å². The van der Waals surface area contributed by atoms with Crippen molar-refractivity contribution in [2.45, 2.75) is 25.1 Å². The summed E-state index contributed by atoms with van der Waals surface area (Å²) >= 11 is 0. The minimum absolute atomic E-state index is 0.164. The van der Waals surface area contributed by atoms with E-state index < -0.39 is 30.1 Å². The Balaban J connectivity index is 1.87. The fraction of sp³-hybridized carbons (Fsp3) is 0.571. The summed E-state index contributed by atoms with van der Waals surface area (Å²) in [6, 6.07) is -1.11. The highest BCUT2D eigenvalue weighted by molar-refractivity contribution is 5.87. The van der Waals surface area contributed by atoms with E-state index in [-0.39, 0.29) is 11.9 Å². The lowest BCUT2D eigenvalue weighted by Gasteiger charge is -2.44. The lowest BCUT2D eigenvalue weighted by Crippen LogP contribution is -2.65. The number of nitrogens with zero attached hydrogens (tertiary/aromatic N) is 1. The summed E-state index contributed by atoms with van der Waals surface area (Å²) in [6.45, 7) is 2.03. The van der Waals surface area contributed by atoms with Gasteiger partial charge in [-0.15, -0.1) is 0 Å². The summed E-state index contributed by atoms with van der Waals surface area (Å²) in [5.74, 6) is -0.603. The second-order valence-corrected chi connectivity index (χ2v) is 5.68. The summed E-state index contributed by atoms with van der Waals surface area (Å²) < 4.78 is 0. The smallest absolute Gasteiger partial charge is 0.239 e. The predicted molar refractivity (Wildman–Crippen MR) is 76.0 cm³/mol. The Morgan fingerprint density at radius 3 is 2.71 bits per heavy atom. The molecule has 2 rings (SSSR count). The Hall–Kier alpha value is -1.70. The molecule has 116 valence electrons. The van der Waals surface area contributed by atoms with Gasteiger partial charge in [0.25, 0.3) is 0 Å². The topological polar surface area (TPSA) is 116 Å². The van der Waals surface area contributed by atoms with Crippen molar-refractivity contribution in [1.29, 1.82) is 0 Å². The number of carbonyl (C=O) groups excluding carboxylic acids is 2. The Labute approximate surface area is 123 Å². The van der Waals surface area contributed by atoms with Crippen molar-refractivity contribution >= 4 is 11.8 Å². The maximum Gasteiger partial charge on any atom is 0.239 e. The number of likely N-dealkylation sites (tertiary alicyclic amines) is 1. The molecular formula is C14H21N3O4. The molecule has 0 bridgehead atoms. The fourth-order valence-electron chi connectivity index (χ4n) is 2.39. The quantitative estimate of drug-likeness (QED) is 0.485. The van der Waals surface area contributed by atoms with Crippen molar-refractivity contribution in [3.8, 4) is 0 Å². The van der Waals surface area contributed by atoms with Gasteiger partial charge < -0.3 is 26.2 Å². The lowest BCUT2D eigenvalue weighted by atomic mass is 9.79. The van der Waals surface area contributed by atoms with Crippen LogP contribution in [-0.2, 0) is 9.59 Å². The van der Waals surface area contributed by atoms with Crippen LogP contribution in [0.5, 0.6) is 0 Å². The van der Waals surface area contributed by atoms with E-state index >= 15 is 0 Å². The number of hydrogen-bond acceptors (Lipinski definition) is 5. The molecule has 0 aromatic rings. The van der Waals surface area contributed by atoms with Crippen LogP contribution in [0.2, 0.25) is 0 Å². The Morgan fingerprint density at radius 1 is 1.48 bits per heavy atom. The van der Waals surface area contributed by atoms with Crippen LogP contribution >= 0.6 is 0 Å². The molecule has 2 aliphatic rings. The van der Waals surface area contributed by atoms with Crippen LogP contribution in [-0.4, -0.2) is 64.8 Å². The molecule has 7 heteroatoms. The van der Waals surface area contributed by atoms with Gasteiger partial charge in [0.2, 0.25) is 11.8 Å². The molecule has 0 radical (unpaired) electrons. The summed E-state index contributed by atoms with van der Waals surface area (Å²) in [7, 11) is 0. The zero-order chi connectivity index (χ0) is 15.6. The van der Waals surface area contributed by atoms with E-state index in [1.54, 1.807) is 36.1 Å². The highest BCUT2D eigenvalue weighted by Crippen LogP contribution is 2.31. The molecule has 1 saturated heterocycles. The van der Waals surface area contributed by atoms with Gasteiger partial charge in [0.1, 0.15) is 6.04 Å². The number of aliphatic hydroxyl groups excluding tert-OH is 2. The van der Waals surface area contributed by atoms with Crippen LogP contribution in [0.4, 0.5) is 0 Å². The van der Waals surface area contributed by atoms with Gasteiger partial charge in [0.15, 0.2) is 0 Å². The molecule has 2 amide bonds. The molecule has 0 aromatic carbocycles. The molecule has 0 spiro atoms. The molecule has 3 atom stereocenters. The molecule has 2 unspecified atom stereocenters. The summed E-state index contributed by atoms with van der Waals surface area (Å²) in [4.78, 5) is 25.5. The van der Waals surface area contributed by atoms with Crippen molar-refractivity contribution in [3.05, 3.63) is 24.3 Å². The average molecular weight is 295 g/mol. The van der Waals surface area contributed by atoms with Gasteiger partial charge >= 0.3 is 0 Å². The van der Waals surface area contributed by atoms with Crippen LogP contribution < -0.4 is 11.1 Å². The van der Waals surface area contributed by atoms with Crippen LogP contribution in [0.15, 0.2) is 24.3 Å². The maximum atomic E-state index is 12.4. The van der Waals surface area contributed by atoms with Gasteiger partial charge in [0.05, 0.1) is 24.2 Å². The summed E-state index contributed by atoms with van der Waals surface area (Å²) in [5, 5.41) is 21.4. The third kappa shape index (κ3) is 2.99. The summed E-state index contributed by atoms with van der Waals surface area (Å²) in [5.41, 5.74) is 4.43. The first-order valence-corrected chi connectivity index (χ1v) is 6.88. The van der Waals surface area contributed by atoms with Gasteiger partial charge in [-0.3, -0.25) is 9.59 Å². The third-order valence-electron chi connectivity index (χ3n) is 3.97. The van der Waals surface area contributed by atoms with Gasteiger partial charge in [-0.25, -0.2) is 0 Å². The Bertz CT molecular complexity index is 485. The SMILES string of the molecule is CC1(C(=O)N2CC(NC(=O)[C@@H](N)CO)C2)C=CC=CC1O. The number of rotatable bonds is 4. The average Bonchev–Trinajstić information content (AvgIpc) is 2.43. The number of nitrogens with one attached hydrogen (secondary N) is 1. The Kier molecular flexibility index (Phi) is 4.46. The van der Waals surface area contributed by atoms with Gasteiger partial charge in [-0.1, -0.05) is 24.3 Å². The van der Waals surface area contributed by atoms with Crippen molar-refractivity contribution in [2.75, 3.05) is 19.7 Å². The first-order valence-electron chi connectivity index (χ1n) is 6.88. The highest BCUT2D eigenvalue weighted by Gasteiger charge is 2.44. The predicted octanol–water partition coefficient (Wildman–Crippen LogP) is -1.87. The van der Waals surface area contributed by atoms with E-state index in [0.29, 0.717) is 13.1 Å². The van der Waals surface area contributed by atoms with Crippen molar-refractivity contribution in [2.24, 2.45) is 11.1 Å². The zero-order valence-electron chi connectivity index (χ0n) is 11.9. The number of amides is 2. The summed E-state index contributed by atoms with van der Waals surface area (Å²) in [6.07, 6.45) is 5.86. The van der Waals surface area contributed by atoms with Crippen LogP contribution in [0.1, 0.15) is 6.92 Å². The fourth-order valence-corrected chi connectivity index (χ4v) is 2.39. The molecule has 21 heavy (non-hydrogen) atoms. The number of carbonyl (C=O) groups is 2. The van der Waals surface area contributed by atoms with Gasteiger partial charge in [-0.2, -0.15) is 0 Å². The van der Waals surface area contributed by atoms with Crippen molar-refractivity contribution < 1.29 is 19.8 Å². The standard InChI is InChI=1S/C14H21N3O4/c1-14(5-3-2-4-11(14)19)13(21)17-6-9(7-17)16-12(20)10(15)8-18/h2-5,9-11,18-19H,6-8,15H2,1H3,(H,16,20)/t10-,11?,14?/m0/s1. The van der Waals surface area contributed by atoms with Gasteiger partial charge in [-0.05, 0) is 6.92 Å². The maximum absolute atomic E-state index is 12.4. The van der Waals surface area contributed by atoms with E-state index in [2.05, 4.69) is 5.32 Å². The van der Waals surface area contributed by atoms with E-state index in [4.69, 9.17) is 10.8 Å². The van der Waals surface area contributed by atoms with Crippen LogP contribution in [0.3, 0.4) is 0 Å². The molecular weight excluding hydrogens is 274 g/mol. The van der Waals surface area contributed by atoms with Gasteiger partial charge in [0, 0.05) is 13.1 Å². The number of hydrogen-bond donors (Lipinski definition) is 4. The van der Waals surface area contributed by atoms with Crippen LogP contribution in [0, 0.1) is 5.41 Å². The third-order valence-corrected chi connectivity index (χ3v) is 3.97. The monoisotopic (exact) mass is 295 g/mol. The molecule has 1 fully saturated rings. The molecule has 0 saturated carbocycles. The number of nitrogens with two attached hydrogens (primary N) is 1. The Morgan fingerprint density at radius 2 is 2.14 bits per heavy atom. The second kappa shape index (κ2) is 5.97. The molecule has 5 N–H and O–H groups in total. The number of aliphatic hydroxyl groups is 2. The largest absolute Gasteiger partial charge is 0.394 e. The molecule has 7 nitrogen and oxygen atoms in total. The number of allylic oxidation sites excluding steroid dienone is 2. The normalized spacial score (nSPS) is 29.9. The van der Waals surface area contributed by atoms with Crippen molar-refractivity contribution in [1.82, 2.24) is 10.2 Å². The molecule has 1 aliphatic heterocycles. The van der Waals surface area contributed by atoms with E-state index in [0.717, 1.165) is 0 Å². The highest BCUT2D eigenvalue weighted by atomic mass is 16.3. The molecule has 1 heterocycles. The van der Waals surface area contributed by atoms with Crippen LogP contribution in [0.25, 0.3) is 0 Å². The van der Waals surface area contributed by atoms with E-state index in [1.807, 2.05) is 0 Å². The first-order chi connectivity index (χ1) is 9.88. The zero-order valence-corrected chi connectivity index (χ0v) is 11.9. The molecule has 1 aliphatic carbocycles. The minimum Gasteiger partial charge on any atom is -0.394 e. The minimum atomic E-state index is -0.967. The van der Waals surface area contributed by atoms with E-state index in [1.165, 1.54) is 0 Å².